The molecule has 3 N–H and O–H groups in total. The Morgan fingerprint density at radius 2 is 1.68 bits per heavy atom. The molecule has 1 aliphatic heterocycles. The van der Waals surface area contributed by atoms with Crippen LogP contribution in [0.2, 0.25) is 5.02 Å². The number of esters is 1. The van der Waals surface area contributed by atoms with Gasteiger partial charge in [0.25, 0.3) is 0 Å². The molecule has 1 fully saturated rings. The SMILES string of the molecule is COC(=O)[C@H](Cc1ccc(OC)c(Cl)c1)NC(=O)C[C@@H]1NC(=O)[C@H](Cc2ccccc2)NC1=O. The van der Waals surface area contributed by atoms with Gasteiger partial charge in [-0.25, -0.2) is 4.79 Å². The van der Waals surface area contributed by atoms with Gasteiger partial charge < -0.3 is 25.4 Å². The molecule has 3 atom stereocenters. The Hall–Kier alpha value is -3.59. The normalized spacial score (nSPS) is 18.3. The van der Waals surface area contributed by atoms with Crippen molar-refractivity contribution in [2.24, 2.45) is 0 Å². The van der Waals surface area contributed by atoms with Crippen molar-refractivity contribution < 1.29 is 28.7 Å². The van der Waals surface area contributed by atoms with Crippen molar-refractivity contribution in [1.82, 2.24) is 16.0 Å². The predicted molar refractivity (Wildman–Crippen MR) is 124 cm³/mol. The van der Waals surface area contributed by atoms with Gasteiger partial charge in [0, 0.05) is 12.8 Å². The standard InChI is InChI=1S/C24H26ClN3O6/c1-33-20-9-8-15(10-16(20)25)12-19(24(32)34-2)26-21(29)13-18-23(31)27-17(22(30)28-18)11-14-6-4-3-5-7-14/h3-10,17-19H,11-13H2,1-2H3,(H,26,29)(H,27,31)(H,28,30)/t17-,18-,19-/m0/s1. The summed E-state index contributed by atoms with van der Waals surface area (Å²) in [6.07, 6.45) is 0.128. The number of nitrogens with one attached hydrogen (secondary N) is 3. The van der Waals surface area contributed by atoms with Crippen molar-refractivity contribution >= 4 is 35.3 Å². The number of rotatable bonds is 9. The maximum atomic E-state index is 12.6. The summed E-state index contributed by atoms with van der Waals surface area (Å²) in [7, 11) is 2.70. The molecule has 0 unspecified atom stereocenters. The lowest BCUT2D eigenvalue weighted by Crippen LogP contribution is -2.63. The highest BCUT2D eigenvalue weighted by Crippen LogP contribution is 2.25. The zero-order valence-electron chi connectivity index (χ0n) is 18.8. The second-order valence-electron chi connectivity index (χ2n) is 7.83. The lowest BCUT2D eigenvalue weighted by atomic mass is 10.0. The average molecular weight is 488 g/mol. The fourth-order valence-electron chi connectivity index (χ4n) is 3.66. The number of halogens is 1. The van der Waals surface area contributed by atoms with Crippen molar-refractivity contribution in [3.05, 3.63) is 64.7 Å². The van der Waals surface area contributed by atoms with Crippen LogP contribution in [0.4, 0.5) is 0 Å². The van der Waals surface area contributed by atoms with Gasteiger partial charge in [-0.05, 0) is 23.3 Å². The number of hydrogen-bond acceptors (Lipinski definition) is 6. The summed E-state index contributed by atoms with van der Waals surface area (Å²) in [5.74, 6) is -1.60. The maximum Gasteiger partial charge on any atom is 0.328 e. The second-order valence-corrected chi connectivity index (χ2v) is 8.24. The van der Waals surface area contributed by atoms with Gasteiger partial charge in [0.2, 0.25) is 17.7 Å². The van der Waals surface area contributed by atoms with E-state index in [4.69, 9.17) is 21.1 Å². The van der Waals surface area contributed by atoms with E-state index in [2.05, 4.69) is 16.0 Å². The lowest BCUT2D eigenvalue weighted by molar-refractivity contribution is -0.145. The highest BCUT2D eigenvalue weighted by Gasteiger charge is 2.35. The van der Waals surface area contributed by atoms with E-state index in [1.54, 1.807) is 18.2 Å². The van der Waals surface area contributed by atoms with Crippen LogP contribution in [-0.2, 0) is 36.8 Å². The van der Waals surface area contributed by atoms with Gasteiger partial charge in [0.15, 0.2) is 0 Å². The smallest absolute Gasteiger partial charge is 0.328 e. The van der Waals surface area contributed by atoms with Crippen LogP contribution < -0.4 is 20.7 Å². The third kappa shape index (κ3) is 6.48. The van der Waals surface area contributed by atoms with E-state index in [0.717, 1.165) is 5.56 Å². The maximum absolute atomic E-state index is 12.6. The van der Waals surface area contributed by atoms with Crippen molar-refractivity contribution in [2.45, 2.75) is 37.4 Å². The van der Waals surface area contributed by atoms with Gasteiger partial charge in [-0.1, -0.05) is 48.0 Å². The van der Waals surface area contributed by atoms with Gasteiger partial charge in [-0.2, -0.15) is 0 Å². The fourth-order valence-corrected chi connectivity index (χ4v) is 3.94. The van der Waals surface area contributed by atoms with Gasteiger partial charge >= 0.3 is 5.97 Å². The summed E-state index contributed by atoms with van der Waals surface area (Å²) in [6, 6.07) is 11.5. The van der Waals surface area contributed by atoms with E-state index in [1.165, 1.54) is 14.2 Å². The molecule has 1 saturated heterocycles. The largest absolute Gasteiger partial charge is 0.495 e. The molecule has 3 rings (SSSR count). The molecular formula is C24H26ClN3O6. The molecule has 0 spiro atoms. The molecule has 9 nitrogen and oxygen atoms in total. The van der Waals surface area contributed by atoms with Crippen LogP contribution in [0.3, 0.4) is 0 Å². The third-order valence-corrected chi connectivity index (χ3v) is 5.71. The minimum absolute atomic E-state index is 0.116. The number of carbonyl (C=O) groups is 4. The molecule has 3 amide bonds. The Balaban J connectivity index is 1.59. The Morgan fingerprint density at radius 1 is 1.00 bits per heavy atom. The Bertz CT molecular complexity index is 1060. The molecule has 0 aliphatic carbocycles. The molecule has 0 saturated carbocycles. The highest BCUT2D eigenvalue weighted by molar-refractivity contribution is 6.32. The third-order valence-electron chi connectivity index (χ3n) is 5.42. The first kappa shape index (κ1) is 25.0. The second kappa shape index (κ2) is 11.5. The Labute approximate surface area is 202 Å². The zero-order chi connectivity index (χ0) is 24.7. The molecule has 1 aliphatic rings. The lowest BCUT2D eigenvalue weighted by Gasteiger charge is -2.29. The number of amides is 3. The van der Waals surface area contributed by atoms with E-state index in [1.807, 2.05) is 30.3 Å². The number of benzene rings is 2. The van der Waals surface area contributed by atoms with Crippen LogP contribution >= 0.6 is 11.6 Å². The summed E-state index contributed by atoms with van der Waals surface area (Å²) in [6.45, 7) is 0. The molecule has 0 bridgehead atoms. The van der Waals surface area contributed by atoms with Gasteiger partial charge in [-0.3, -0.25) is 14.4 Å². The van der Waals surface area contributed by atoms with Crippen molar-refractivity contribution in [2.75, 3.05) is 14.2 Å². The summed E-state index contributed by atoms with van der Waals surface area (Å²) in [4.78, 5) is 49.9. The van der Waals surface area contributed by atoms with Crippen LogP contribution in [0.15, 0.2) is 48.5 Å². The first-order valence-corrected chi connectivity index (χ1v) is 11.0. The minimum atomic E-state index is -1.05. The van der Waals surface area contributed by atoms with Gasteiger partial charge in [0.05, 0.1) is 25.7 Å². The monoisotopic (exact) mass is 487 g/mol. The van der Waals surface area contributed by atoms with Crippen molar-refractivity contribution in [3.63, 3.8) is 0 Å². The summed E-state index contributed by atoms with van der Waals surface area (Å²) >= 11 is 6.14. The van der Waals surface area contributed by atoms with Crippen LogP contribution in [0.1, 0.15) is 17.5 Å². The zero-order valence-corrected chi connectivity index (χ0v) is 19.6. The molecule has 2 aromatic carbocycles. The molecule has 2 aromatic rings. The predicted octanol–water partition coefficient (Wildman–Crippen LogP) is 1.16. The van der Waals surface area contributed by atoms with Gasteiger partial charge in [0.1, 0.15) is 23.9 Å². The Morgan fingerprint density at radius 3 is 2.32 bits per heavy atom. The van der Waals surface area contributed by atoms with Gasteiger partial charge in [-0.15, -0.1) is 0 Å². The molecule has 10 heteroatoms. The minimum Gasteiger partial charge on any atom is -0.495 e. The van der Waals surface area contributed by atoms with Crippen molar-refractivity contribution in [3.8, 4) is 5.75 Å². The van der Waals surface area contributed by atoms with E-state index in [9.17, 15) is 19.2 Å². The van der Waals surface area contributed by atoms with Crippen LogP contribution in [0.25, 0.3) is 0 Å². The molecule has 180 valence electrons. The molecule has 1 heterocycles. The molecule has 34 heavy (non-hydrogen) atoms. The van der Waals surface area contributed by atoms with Crippen LogP contribution in [0.5, 0.6) is 5.75 Å². The van der Waals surface area contributed by atoms with E-state index in [-0.39, 0.29) is 18.7 Å². The van der Waals surface area contributed by atoms with Crippen LogP contribution in [-0.4, -0.2) is 56.0 Å². The number of hydrogen-bond donors (Lipinski definition) is 3. The average Bonchev–Trinajstić information content (AvgIpc) is 2.82. The number of piperazine rings is 1. The Kier molecular flexibility index (Phi) is 8.48. The number of ether oxygens (including phenoxy) is 2. The summed E-state index contributed by atoms with van der Waals surface area (Å²) in [5, 5.41) is 8.20. The summed E-state index contributed by atoms with van der Waals surface area (Å²) < 4.78 is 9.92. The van der Waals surface area contributed by atoms with Crippen molar-refractivity contribution in [1.29, 1.82) is 0 Å². The number of carbonyl (C=O) groups excluding carboxylic acids is 4. The van der Waals surface area contributed by atoms with E-state index < -0.39 is 35.9 Å². The molecular weight excluding hydrogens is 462 g/mol. The molecule has 0 aromatic heterocycles. The number of methoxy groups -OCH3 is 2. The molecule has 0 radical (unpaired) electrons. The van der Waals surface area contributed by atoms with E-state index >= 15 is 0 Å². The van der Waals surface area contributed by atoms with Crippen LogP contribution in [0, 0.1) is 0 Å². The fraction of sp³-hybridized carbons (Fsp3) is 0.333. The first-order valence-electron chi connectivity index (χ1n) is 10.6. The topological polar surface area (TPSA) is 123 Å². The van der Waals surface area contributed by atoms with E-state index in [0.29, 0.717) is 22.8 Å². The quantitative estimate of drug-likeness (QED) is 0.456. The highest BCUT2D eigenvalue weighted by atomic mass is 35.5. The summed E-state index contributed by atoms with van der Waals surface area (Å²) in [5.41, 5.74) is 1.58. The first-order chi connectivity index (χ1) is 16.3.